The predicted molar refractivity (Wildman–Crippen MR) is 101 cm³/mol. The Hall–Kier alpha value is -2.82. The van der Waals surface area contributed by atoms with Crippen LogP contribution in [0.25, 0.3) is 0 Å². The zero-order chi connectivity index (χ0) is 17.8. The number of hydrogen-bond acceptors (Lipinski definition) is 3. The normalized spacial score (nSPS) is 15.6. The zero-order valence-corrected chi connectivity index (χ0v) is 14.6. The van der Waals surface area contributed by atoms with Crippen molar-refractivity contribution in [1.82, 2.24) is 0 Å². The van der Waals surface area contributed by atoms with Crippen LogP contribution >= 0.6 is 0 Å². The molecule has 3 rings (SSSR count). The smallest absolute Gasteiger partial charge is 0.229 e. The van der Waals surface area contributed by atoms with E-state index >= 15 is 0 Å². The van der Waals surface area contributed by atoms with Crippen LogP contribution < -0.4 is 15.5 Å². The number of para-hydroxylation sites is 1. The second kappa shape index (κ2) is 7.38. The Morgan fingerprint density at radius 1 is 1.08 bits per heavy atom. The third kappa shape index (κ3) is 3.99. The Bertz CT molecular complexity index is 771. The molecule has 2 N–H and O–H groups in total. The Balaban J connectivity index is 1.54. The summed E-state index contributed by atoms with van der Waals surface area (Å²) in [5, 5.41) is 5.99. The molecule has 0 saturated carbocycles. The van der Waals surface area contributed by atoms with Crippen LogP contribution in [0.3, 0.4) is 0 Å². The molecule has 0 fully saturated rings. The van der Waals surface area contributed by atoms with E-state index in [2.05, 4.69) is 23.6 Å². The molecule has 0 aromatic heterocycles. The lowest BCUT2D eigenvalue weighted by molar-refractivity contribution is -0.118. The van der Waals surface area contributed by atoms with Crippen LogP contribution in [0, 0.1) is 0 Å². The topological polar surface area (TPSA) is 61.4 Å². The summed E-state index contributed by atoms with van der Waals surface area (Å²) in [5.41, 5.74) is 3.97. The summed E-state index contributed by atoms with van der Waals surface area (Å²) in [6, 6.07) is 15.8. The van der Waals surface area contributed by atoms with E-state index in [0.29, 0.717) is 13.0 Å². The number of rotatable bonds is 5. The van der Waals surface area contributed by atoms with Gasteiger partial charge >= 0.3 is 0 Å². The lowest BCUT2D eigenvalue weighted by atomic mass is 10.1. The van der Waals surface area contributed by atoms with Gasteiger partial charge < -0.3 is 15.5 Å². The highest BCUT2D eigenvalue weighted by Gasteiger charge is 2.29. The molecule has 1 aliphatic heterocycles. The summed E-state index contributed by atoms with van der Waals surface area (Å²) in [6.45, 7) is 4.14. The summed E-state index contributed by atoms with van der Waals surface area (Å²) in [4.78, 5) is 25.6. The fraction of sp³-hybridized carbons (Fsp3) is 0.300. The van der Waals surface area contributed by atoms with Crippen LogP contribution in [0.15, 0.2) is 48.5 Å². The maximum Gasteiger partial charge on any atom is 0.229 e. The van der Waals surface area contributed by atoms with Gasteiger partial charge in [0.05, 0.1) is 0 Å². The van der Waals surface area contributed by atoms with Crippen LogP contribution in [0.5, 0.6) is 0 Å². The van der Waals surface area contributed by atoms with Crippen molar-refractivity contribution in [2.24, 2.45) is 0 Å². The number of fused-ring (bicyclic) bond motifs is 1. The third-order valence-corrected chi connectivity index (χ3v) is 4.35. The van der Waals surface area contributed by atoms with Crippen LogP contribution in [0.1, 0.15) is 25.8 Å². The molecule has 2 aromatic rings. The maximum absolute atomic E-state index is 12.6. The molecule has 0 spiro atoms. The van der Waals surface area contributed by atoms with Crippen molar-refractivity contribution < 1.29 is 9.59 Å². The van der Waals surface area contributed by atoms with E-state index in [1.807, 2.05) is 47.4 Å². The molecule has 1 atom stereocenters. The van der Waals surface area contributed by atoms with E-state index in [9.17, 15) is 9.59 Å². The first-order valence-corrected chi connectivity index (χ1v) is 8.56. The number of benzene rings is 2. The van der Waals surface area contributed by atoms with Gasteiger partial charge in [0, 0.05) is 43.0 Å². The van der Waals surface area contributed by atoms with Gasteiger partial charge in [-0.15, -0.1) is 0 Å². The first kappa shape index (κ1) is 17.0. The number of anilines is 3. The van der Waals surface area contributed by atoms with Gasteiger partial charge in [0.15, 0.2) is 0 Å². The Morgan fingerprint density at radius 3 is 2.48 bits per heavy atom. The molecule has 0 radical (unpaired) electrons. The van der Waals surface area contributed by atoms with Crippen molar-refractivity contribution in [3.8, 4) is 0 Å². The summed E-state index contributed by atoms with van der Waals surface area (Å²) in [5.74, 6) is 0.0473. The summed E-state index contributed by atoms with van der Waals surface area (Å²) in [7, 11) is 0. The van der Waals surface area contributed by atoms with Gasteiger partial charge in [0.2, 0.25) is 11.8 Å². The molecule has 5 nitrogen and oxygen atoms in total. The molecule has 130 valence electrons. The molecule has 0 bridgehead atoms. The van der Waals surface area contributed by atoms with E-state index in [-0.39, 0.29) is 17.9 Å². The Morgan fingerprint density at radius 2 is 1.76 bits per heavy atom. The van der Waals surface area contributed by atoms with Crippen molar-refractivity contribution in [3.05, 3.63) is 54.1 Å². The molecule has 2 aromatic carbocycles. The van der Waals surface area contributed by atoms with Crippen LogP contribution in [0.4, 0.5) is 17.1 Å². The predicted octanol–water partition coefficient (Wildman–Crippen LogP) is 3.42. The van der Waals surface area contributed by atoms with E-state index < -0.39 is 0 Å². The number of nitrogens with zero attached hydrogens (tertiary/aromatic N) is 1. The number of carbonyl (C=O) groups is 2. The molecule has 1 unspecified atom stereocenters. The second-order valence-electron chi connectivity index (χ2n) is 6.38. The highest BCUT2D eigenvalue weighted by Crippen LogP contribution is 2.32. The van der Waals surface area contributed by atoms with Crippen molar-refractivity contribution in [2.45, 2.75) is 32.7 Å². The monoisotopic (exact) mass is 337 g/mol. The molecule has 1 aliphatic rings. The van der Waals surface area contributed by atoms with Gasteiger partial charge in [-0.1, -0.05) is 18.2 Å². The van der Waals surface area contributed by atoms with Gasteiger partial charge in [-0.3, -0.25) is 9.59 Å². The van der Waals surface area contributed by atoms with Crippen molar-refractivity contribution in [2.75, 3.05) is 22.1 Å². The fourth-order valence-corrected chi connectivity index (χ4v) is 3.25. The van der Waals surface area contributed by atoms with E-state index in [4.69, 9.17) is 0 Å². The van der Waals surface area contributed by atoms with Gasteiger partial charge in [-0.25, -0.2) is 0 Å². The summed E-state index contributed by atoms with van der Waals surface area (Å²) in [6.07, 6.45) is 1.35. The Labute approximate surface area is 148 Å². The average Bonchev–Trinajstić information content (AvgIpc) is 2.91. The molecule has 25 heavy (non-hydrogen) atoms. The largest absolute Gasteiger partial charge is 0.385 e. The zero-order valence-electron chi connectivity index (χ0n) is 14.6. The molecule has 0 aliphatic carbocycles. The van der Waals surface area contributed by atoms with Gasteiger partial charge in [-0.2, -0.15) is 0 Å². The van der Waals surface area contributed by atoms with Crippen LogP contribution in [-0.4, -0.2) is 24.4 Å². The first-order valence-electron chi connectivity index (χ1n) is 8.56. The quantitative estimate of drug-likeness (QED) is 0.879. The minimum Gasteiger partial charge on any atom is -0.385 e. The highest BCUT2D eigenvalue weighted by atomic mass is 16.2. The third-order valence-electron chi connectivity index (χ3n) is 4.35. The van der Waals surface area contributed by atoms with Crippen molar-refractivity contribution >= 4 is 28.9 Å². The van der Waals surface area contributed by atoms with E-state index in [0.717, 1.165) is 23.5 Å². The average molecular weight is 337 g/mol. The molecular formula is C20H23N3O2. The molecule has 0 saturated heterocycles. The maximum atomic E-state index is 12.6. The lowest BCUT2D eigenvalue weighted by Crippen LogP contribution is -2.36. The molecule has 1 heterocycles. The van der Waals surface area contributed by atoms with Gasteiger partial charge in [0.25, 0.3) is 0 Å². The van der Waals surface area contributed by atoms with Gasteiger partial charge in [0.1, 0.15) is 0 Å². The summed E-state index contributed by atoms with van der Waals surface area (Å²) >= 11 is 0. The van der Waals surface area contributed by atoms with Crippen LogP contribution in [0.2, 0.25) is 0 Å². The number of carbonyl (C=O) groups excluding carboxylic acids is 2. The highest BCUT2D eigenvalue weighted by molar-refractivity contribution is 5.96. The van der Waals surface area contributed by atoms with E-state index in [1.165, 1.54) is 12.5 Å². The minimum absolute atomic E-state index is 0.0914. The first-order chi connectivity index (χ1) is 12.0. The Kier molecular flexibility index (Phi) is 5.03. The van der Waals surface area contributed by atoms with Crippen LogP contribution in [-0.2, 0) is 16.0 Å². The SMILES string of the molecule is CC(=O)Nc1ccc(NCCC(=O)N2c3ccccc3CC2C)cc1. The number of hydrogen-bond donors (Lipinski definition) is 2. The summed E-state index contributed by atoms with van der Waals surface area (Å²) < 4.78 is 0. The standard InChI is InChI=1S/C20H23N3O2/c1-14-13-16-5-3-4-6-19(16)23(14)20(25)11-12-21-17-7-9-18(10-8-17)22-15(2)24/h3-10,14,21H,11-13H2,1-2H3,(H,22,24). The molecule has 2 amide bonds. The minimum atomic E-state index is -0.0914. The van der Waals surface area contributed by atoms with Crippen molar-refractivity contribution in [1.29, 1.82) is 0 Å². The van der Waals surface area contributed by atoms with E-state index in [1.54, 1.807) is 0 Å². The lowest BCUT2D eigenvalue weighted by Gasteiger charge is -2.23. The number of nitrogens with one attached hydrogen (secondary N) is 2. The fourth-order valence-electron chi connectivity index (χ4n) is 3.25. The van der Waals surface area contributed by atoms with Gasteiger partial charge in [-0.05, 0) is 49.2 Å². The molecule has 5 heteroatoms. The second-order valence-corrected chi connectivity index (χ2v) is 6.38. The number of amides is 2. The molecular weight excluding hydrogens is 314 g/mol. The van der Waals surface area contributed by atoms with Crippen molar-refractivity contribution in [3.63, 3.8) is 0 Å².